The van der Waals surface area contributed by atoms with Gasteiger partial charge in [0.15, 0.2) is 5.78 Å². The van der Waals surface area contributed by atoms with Crippen molar-refractivity contribution in [1.29, 1.82) is 0 Å². The maximum atomic E-state index is 13.5. The Kier molecular flexibility index (Phi) is 12.0. The van der Waals surface area contributed by atoms with Crippen LogP contribution in [-0.2, 0) is 33.6 Å². The number of Topliss-reactive ketones (excluding diaryl/α,β-unsaturated/α-hetero) is 1. The summed E-state index contributed by atoms with van der Waals surface area (Å²) in [6.45, 7) is 0.838. The van der Waals surface area contributed by atoms with E-state index in [1.165, 1.54) is 49.6 Å². The van der Waals surface area contributed by atoms with Gasteiger partial charge in [0.2, 0.25) is 0 Å². The Morgan fingerprint density at radius 1 is 0.680 bits per heavy atom. The molecule has 260 valence electrons. The molecule has 4 aromatic carbocycles. The lowest BCUT2D eigenvalue weighted by Gasteiger charge is -2.33. The minimum atomic E-state index is -0.672. The maximum absolute atomic E-state index is 13.5. The molecule has 0 N–H and O–H groups in total. The highest BCUT2D eigenvalue weighted by atomic mass is 16.5. The predicted octanol–water partition coefficient (Wildman–Crippen LogP) is 6.14. The molecule has 0 saturated carbocycles. The SMILES string of the molecule is COC(=O)c1ccc(C(=O)CCC(CN(Cc2ccc(OC)cc2OC)C2Cc3ccccc3C2)OC(=O)c2ccc(C(=O)OC)cc2)cc1. The first-order valence-corrected chi connectivity index (χ1v) is 16.4. The first-order valence-electron chi connectivity index (χ1n) is 16.4. The van der Waals surface area contributed by atoms with Crippen LogP contribution in [0.1, 0.15) is 71.0 Å². The van der Waals surface area contributed by atoms with E-state index < -0.39 is 24.0 Å². The number of benzene rings is 4. The summed E-state index contributed by atoms with van der Waals surface area (Å²) >= 11 is 0. The number of ketones is 1. The zero-order valence-electron chi connectivity index (χ0n) is 28.7. The fourth-order valence-corrected chi connectivity index (χ4v) is 6.21. The van der Waals surface area contributed by atoms with Crippen LogP contribution in [0.25, 0.3) is 0 Å². The molecule has 4 aromatic rings. The molecule has 0 aromatic heterocycles. The molecule has 10 nitrogen and oxygen atoms in total. The number of fused-ring (bicyclic) bond motifs is 1. The van der Waals surface area contributed by atoms with Gasteiger partial charge < -0.3 is 23.7 Å². The zero-order chi connectivity index (χ0) is 35.6. The molecular weight excluding hydrogens is 638 g/mol. The van der Waals surface area contributed by atoms with E-state index >= 15 is 0 Å². The molecule has 50 heavy (non-hydrogen) atoms. The molecule has 10 heteroatoms. The smallest absolute Gasteiger partial charge is 0.338 e. The highest BCUT2D eigenvalue weighted by Gasteiger charge is 2.31. The molecule has 1 atom stereocenters. The van der Waals surface area contributed by atoms with E-state index in [1.807, 2.05) is 30.3 Å². The fourth-order valence-electron chi connectivity index (χ4n) is 6.21. The first kappa shape index (κ1) is 35.8. The van der Waals surface area contributed by atoms with Crippen LogP contribution in [0.2, 0.25) is 0 Å². The topological polar surface area (TPSA) is 118 Å². The molecule has 1 aliphatic carbocycles. The van der Waals surface area contributed by atoms with Gasteiger partial charge in [0.1, 0.15) is 17.6 Å². The Hall–Kier alpha value is -5.48. The van der Waals surface area contributed by atoms with Crippen LogP contribution in [0.15, 0.2) is 91.0 Å². The van der Waals surface area contributed by atoms with E-state index in [1.54, 1.807) is 38.5 Å². The standard InChI is InChI=1S/C40H41NO9/c1-46-34-18-17-32(37(23-34)47-2)24-41(33-21-30-7-5-6-8-31(30)22-33)25-35(50-40(45)29-15-13-28(14-16-29)39(44)49-4)19-20-36(42)26-9-11-27(12-10-26)38(43)48-3/h5-18,23,33,35H,19-22,24-25H2,1-4H3. The van der Waals surface area contributed by atoms with Gasteiger partial charge in [0.05, 0.1) is 45.1 Å². The Bertz CT molecular complexity index is 1790. The molecular formula is C40H41NO9. The molecule has 1 aliphatic rings. The van der Waals surface area contributed by atoms with E-state index in [4.69, 9.17) is 23.7 Å². The van der Waals surface area contributed by atoms with Crippen molar-refractivity contribution in [1.82, 2.24) is 4.90 Å². The summed E-state index contributed by atoms with van der Waals surface area (Å²) in [6, 6.07) is 26.5. The van der Waals surface area contributed by atoms with E-state index in [-0.39, 0.29) is 30.2 Å². The average molecular weight is 680 g/mol. The van der Waals surface area contributed by atoms with Crippen LogP contribution in [0, 0.1) is 0 Å². The Morgan fingerprint density at radius 2 is 1.22 bits per heavy atom. The fraction of sp³-hybridized carbons (Fsp3) is 0.300. The van der Waals surface area contributed by atoms with Crippen LogP contribution < -0.4 is 9.47 Å². The van der Waals surface area contributed by atoms with Crippen molar-refractivity contribution in [3.63, 3.8) is 0 Å². The van der Waals surface area contributed by atoms with Crippen molar-refractivity contribution in [2.75, 3.05) is 35.0 Å². The lowest BCUT2D eigenvalue weighted by Crippen LogP contribution is -2.42. The van der Waals surface area contributed by atoms with Gasteiger partial charge in [0.25, 0.3) is 0 Å². The third-order valence-electron chi connectivity index (χ3n) is 8.99. The molecule has 0 radical (unpaired) electrons. The molecule has 0 fully saturated rings. The van der Waals surface area contributed by atoms with Gasteiger partial charge >= 0.3 is 17.9 Å². The summed E-state index contributed by atoms with van der Waals surface area (Å²) in [5.41, 5.74) is 4.84. The first-order chi connectivity index (χ1) is 24.2. The van der Waals surface area contributed by atoms with Gasteiger partial charge in [-0.2, -0.15) is 0 Å². The summed E-state index contributed by atoms with van der Waals surface area (Å²) in [5, 5.41) is 0. The molecule has 1 unspecified atom stereocenters. The quantitative estimate of drug-likeness (QED) is 0.0825. The number of ether oxygens (including phenoxy) is 5. The summed E-state index contributed by atoms with van der Waals surface area (Å²) < 4.78 is 26.9. The van der Waals surface area contributed by atoms with Crippen molar-refractivity contribution in [2.45, 2.75) is 44.4 Å². The van der Waals surface area contributed by atoms with Crippen LogP contribution in [0.4, 0.5) is 0 Å². The third kappa shape index (κ3) is 8.75. The number of hydrogen-bond acceptors (Lipinski definition) is 10. The molecule has 0 spiro atoms. The molecule has 0 saturated heterocycles. The third-order valence-corrected chi connectivity index (χ3v) is 8.99. The second kappa shape index (κ2) is 16.8. The Morgan fingerprint density at radius 3 is 1.74 bits per heavy atom. The normalized spacial score (nSPS) is 12.9. The summed E-state index contributed by atoms with van der Waals surface area (Å²) in [6.07, 6.45) is 1.31. The van der Waals surface area contributed by atoms with Gasteiger partial charge in [-0.05, 0) is 72.9 Å². The minimum absolute atomic E-state index is 0.0984. The highest BCUT2D eigenvalue weighted by molar-refractivity contribution is 5.97. The number of methoxy groups -OCH3 is 4. The van der Waals surface area contributed by atoms with E-state index in [2.05, 4.69) is 17.0 Å². The van der Waals surface area contributed by atoms with Gasteiger partial charge in [-0.15, -0.1) is 0 Å². The molecule has 0 bridgehead atoms. The zero-order valence-corrected chi connectivity index (χ0v) is 28.7. The number of rotatable bonds is 15. The highest BCUT2D eigenvalue weighted by Crippen LogP contribution is 2.31. The monoisotopic (exact) mass is 679 g/mol. The van der Waals surface area contributed by atoms with Crippen LogP contribution in [0.5, 0.6) is 11.5 Å². The lowest BCUT2D eigenvalue weighted by atomic mass is 10.0. The van der Waals surface area contributed by atoms with Crippen LogP contribution >= 0.6 is 0 Å². The van der Waals surface area contributed by atoms with Crippen molar-refractivity contribution in [2.24, 2.45) is 0 Å². The minimum Gasteiger partial charge on any atom is -0.497 e. The summed E-state index contributed by atoms with van der Waals surface area (Å²) in [4.78, 5) is 53.0. The largest absolute Gasteiger partial charge is 0.497 e. The Balaban J connectivity index is 1.41. The lowest BCUT2D eigenvalue weighted by molar-refractivity contribution is 0.0112. The number of carbonyl (C=O) groups is 4. The number of esters is 3. The van der Waals surface area contributed by atoms with E-state index in [0.29, 0.717) is 41.3 Å². The number of nitrogens with zero attached hydrogens (tertiary/aromatic N) is 1. The number of carbonyl (C=O) groups excluding carboxylic acids is 4. The van der Waals surface area contributed by atoms with Crippen molar-refractivity contribution >= 4 is 23.7 Å². The maximum Gasteiger partial charge on any atom is 0.338 e. The van der Waals surface area contributed by atoms with E-state index in [0.717, 1.165) is 18.4 Å². The molecule has 0 aliphatic heterocycles. The van der Waals surface area contributed by atoms with Crippen molar-refractivity contribution in [3.8, 4) is 11.5 Å². The average Bonchev–Trinajstić information content (AvgIpc) is 3.60. The van der Waals surface area contributed by atoms with Gasteiger partial charge in [0, 0.05) is 42.7 Å². The molecule has 0 amide bonds. The second-order valence-corrected chi connectivity index (χ2v) is 12.1. The van der Waals surface area contributed by atoms with Crippen LogP contribution in [-0.4, -0.2) is 75.7 Å². The van der Waals surface area contributed by atoms with Gasteiger partial charge in [-0.3, -0.25) is 9.69 Å². The van der Waals surface area contributed by atoms with Crippen molar-refractivity contribution < 1.29 is 42.9 Å². The summed E-state index contributed by atoms with van der Waals surface area (Å²) in [5.74, 6) is -0.371. The van der Waals surface area contributed by atoms with Gasteiger partial charge in [-0.25, -0.2) is 14.4 Å². The molecule has 5 rings (SSSR count). The second-order valence-electron chi connectivity index (χ2n) is 12.1. The van der Waals surface area contributed by atoms with Crippen LogP contribution in [0.3, 0.4) is 0 Å². The summed E-state index contributed by atoms with van der Waals surface area (Å²) in [7, 11) is 5.81. The number of hydrogen-bond donors (Lipinski definition) is 0. The van der Waals surface area contributed by atoms with Gasteiger partial charge in [-0.1, -0.05) is 42.5 Å². The van der Waals surface area contributed by atoms with E-state index in [9.17, 15) is 19.2 Å². The Labute approximate surface area is 291 Å². The predicted molar refractivity (Wildman–Crippen MR) is 186 cm³/mol. The van der Waals surface area contributed by atoms with Crippen molar-refractivity contribution in [3.05, 3.63) is 130 Å². The molecule has 0 heterocycles.